The monoisotopic (exact) mass is 1700 g/mol. The second-order valence-electron chi connectivity index (χ2n) is 30.6. The van der Waals surface area contributed by atoms with Gasteiger partial charge in [0.25, 0.3) is 0 Å². The summed E-state index contributed by atoms with van der Waals surface area (Å²) < 4.78 is 50.6. The van der Waals surface area contributed by atoms with Crippen molar-refractivity contribution in [1.29, 1.82) is 0 Å². The van der Waals surface area contributed by atoms with Crippen molar-refractivity contribution < 1.29 is 133 Å². The maximum atomic E-state index is 16.7. The van der Waals surface area contributed by atoms with E-state index in [9.17, 15) is 75.7 Å². The molecule has 0 aromatic heterocycles. The van der Waals surface area contributed by atoms with E-state index in [0.717, 1.165) is 86.7 Å². The van der Waals surface area contributed by atoms with E-state index in [4.69, 9.17) is 61.1 Å². The Morgan fingerprint density at radius 2 is 1.18 bits per heavy atom. The molecule has 16 rings (SSSR count). The molecule has 2 saturated heterocycles. The summed E-state index contributed by atoms with van der Waals surface area (Å²) in [5.41, 5.74) is -2.69. The van der Waals surface area contributed by atoms with Gasteiger partial charge in [-0.15, -0.1) is 0 Å². The van der Waals surface area contributed by atoms with E-state index in [1.165, 1.54) is 67.7 Å². The molecule has 35 nitrogen and oxygen atoms in total. The Morgan fingerprint density at radius 3 is 1.89 bits per heavy atom. The Hall–Kier alpha value is -11.2. The number of esters is 1. The van der Waals surface area contributed by atoms with Crippen LogP contribution < -0.4 is 60.9 Å². The van der Waals surface area contributed by atoms with Crippen LogP contribution in [0.15, 0.2) is 120 Å². The normalized spacial score (nSPS) is 27.1. The number of halogens is 2. The summed E-state index contributed by atoms with van der Waals surface area (Å²) in [6.07, 6.45) is -15.5. The molecular formula is C83H88Cl2N8O27. The highest BCUT2D eigenvalue weighted by Gasteiger charge is 2.50. The van der Waals surface area contributed by atoms with Gasteiger partial charge in [0, 0.05) is 47.2 Å². The quantitative estimate of drug-likeness (QED) is 0.0440. The van der Waals surface area contributed by atoms with E-state index in [2.05, 4.69) is 56.1 Å². The Labute approximate surface area is 694 Å². The van der Waals surface area contributed by atoms with Crippen molar-refractivity contribution in [3.63, 3.8) is 0 Å². The molecule has 0 radical (unpaired) electrons. The number of benzene rings is 7. The first-order chi connectivity index (χ1) is 57.4. The number of nitrogens with one attached hydrogen (secondary N) is 7. The molecule has 636 valence electrons. The zero-order chi connectivity index (χ0) is 85.4. The number of carbonyl (C=O) groups is 7. The van der Waals surface area contributed by atoms with Gasteiger partial charge in [-0.3, -0.25) is 28.8 Å². The summed E-state index contributed by atoms with van der Waals surface area (Å²) in [5, 5.41) is 155. The lowest BCUT2D eigenvalue weighted by Gasteiger charge is -2.42. The molecule has 7 aromatic rings. The third kappa shape index (κ3) is 17.9. The van der Waals surface area contributed by atoms with Crippen LogP contribution in [0.5, 0.6) is 69.0 Å². The van der Waals surface area contributed by atoms with Gasteiger partial charge < -0.3 is 136 Å². The molecule has 120 heavy (non-hydrogen) atoms. The molecule has 0 aliphatic carbocycles. The first-order valence-corrected chi connectivity index (χ1v) is 39.6. The number of nitrogens with zero attached hydrogens (tertiary/aromatic N) is 1. The SMILES string of the molecule is CNC1C(=O)NC2Cc3ccc(cc3)Oc3cc4cc(c3OC3O[C@H](CO)[C@@H](O)[C@H](O)[C@H]3NC(=O)CCCCCCCCC(C)C)Oc3ccc(cc3Cl)C(O)C3NC(=O)C(NC(=O)C4NC(=O)C(NC2=O)c2cc(cc(O)c2Cl)Oc2cc1ccc2O)c1ccc(O)c(c1)-c1c(O[C@H]2O[C@H](CO)[C@@H](O)[C@H](O)[C@@H]2O)cc(O)cc1C1=NC3OC1=O. The van der Waals surface area contributed by atoms with Gasteiger partial charge in [-0.1, -0.05) is 106 Å². The standard InChI is InChI=1S/C83H88Cl2N8O27/c1-34(2)10-8-6-4-5-7-9-11-58(100)88-67-71(104)69(102)56(32-94)117-82(67)119-74-54-26-39-27-55(74)115-51-21-16-38(24-46(51)84)68(101)66-80-93-65(81(112)120-80)44-28-40(96)29-53(116-83-73(106)72(105)70(103)57(33-95)118-83)59(44)43-23-36(14-19-48(43)97)62(77(109)92-66)89-78(110)63(39)90-79(111)64-45-30-42(31-50(99)60(45)85)114-52-25-37(15-20-49(52)98)61(86-3)76(108)87-47(75(107)91-64)22-35-12-17-41(113-54)18-13-35/h12-21,23-31,34,47,56-57,61-64,66-73,80,82-83,86,94-99,101-106H,4-11,22,32-33H2,1-3H3,(H,87,108)(H,88,100)(H,89,110)(H,90,111)(H,91,107)(H,92,109)/t47?,56-,57-,61?,62?,63?,64?,66?,67-,68?,69-,70-,71-,72+,73+,80?,82?,83+/m1/s1. The van der Waals surface area contributed by atoms with Crippen molar-refractivity contribution >= 4 is 70.3 Å². The largest absolute Gasteiger partial charge is 0.508 e. The lowest BCUT2D eigenvalue weighted by Crippen LogP contribution is -2.65. The number of aliphatic imine (C=N–C) groups is 1. The molecule has 7 aromatic carbocycles. The molecule has 2 fully saturated rings. The van der Waals surface area contributed by atoms with E-state index in [0.29, 0.717) is 24.3 Å². The van der Waals surface area contributed by atoms with E-state index >= 15 is 19.2 Å². The number of rotatable bonds is 17. The molecule has 0 spiro atoms. The van der Waals surface area contributed by atoms with Crippen molar-refractivity contribution in [2.75, 3.05) is 20.3 Å². The summed E-state index contributed by atoms with van der Waals surface area (Å²) in [6, 6.07) is 9.70. The smallest absolute Gasteiger partial charge is 0.359 e. The Bertz CT molecular complexity index is 5140. The zero-order valence-corrected chi connectivity index (χ0v) is 65.9. The van der Waals surface area contributed by atoms with Crippen molar-refractivity contribution in [3.05, 3.63) is 164 Å². The fourth-order valence-corrected chi connectivity index (χ4v) is 15.8. The third-order valence-corrected chi connectivity index (χ3v) is 22.5. The fraction of sp³-hybridized carbons (Fsp3) is 0.398. The number of ether oxygens (including phenoxy) is 8. The van der Waals surface area contributed by atoms with Crippen LogP contribution in [-0.4, -0.2) is 208 Å². The summed E-state index contributed by atoms with van der Waals surface area (Å²) >= 11 is 14.3. The van der Waals surface area contributed by atoms with Gasteiger partial charge in [-0.25, -0.2) is 9.79 Å². The number of hydrogen-bond acceptors (Lipinski definition) is 29. The van der Waals surface area contributed by atoms with E-state index in [1.807, 2.05) is 0 Å². The van der Waals surface area contributed by atoms with Crippen molar-refractivity contribution in [2.24, 2.45) is 10.9 Å². The fourth-order valence-electron chi connectivity index (χ4n) is 15.4. The van der Waals surface area contributed by atoms with Gasteiger partial charge in [0.15, 0.2) is 28.7 Å². The zero-order valence-electron chi connectivity index (χ0n) is 64.4. The van der Waals surface area contributed by atoms with E-state index in [-0.39, 0.29) is 57.6 Å². The number of phenols is 4. The van der Waals surface area contributed by atoms with Gasteiger partial charge in [-0.2, -0.15) is 0 Å². The van der Waals surface area contributed by atoms with Gasteiger partial charge >= 0.3 is 5.97 Å². The molecule has 0 saturated carbocycles. The number of likely N-dealkylation sites (N-methyl/N-ethyl adjacent to an activating group) is 1. The first kappa shape index (κ1) is 85.3. The third-order valence-electron chi connectivity index (χ3n) is 21.8. The van der Waals surface area contributed by atoms with Crippen molar-refractivity contribution in [1.82, 2.24) is 37.2 Å². The minimum atomic E-state index is -2.35. The van der Waals surface area contributed by atoms with E-state index in [1.54, 1.807) is 0 Å². The number of aliphatic hydroxyl groups excluding tert-OH is 8. The summed E-state index contributed by atoms with van der Waals surface area (Å²) in [6.45, 7) is 2.45. The van der Waals surface area contributed by atoms with Gasteiger partial charge in [0.05, 0.1) is 23.3 Å². The van der Waals surface area contributed by atoms with Crippen LogP contribution in [0, 0.1) is 5.92 Å². The summed E-state index contributed by atoms with van der Waals surface area (Å²) in [5.74, 6) is -13.1. The molecule has 19 N–H and O–H groups in total. The molecule has 9 heterocycles. The van der Waals surface area contributed by atoms with Crippen LogP contribution in [-0.2, 0) is 54.2 Å². The van der Waals surface area contributed by atoms with Gasteiger partial charge in [0.1, 0.15) is 131 Å². The second kappa shape index (κ2) is 36.0. The lowest BCUT2D eigenvalue weighted by molar-refractivity contribution is -0.277. The number of unbranched alkanes of at least 4 members (excludes halogenated alkanes) is 5. The van der Waals surface area contributed by atoms with Crippen LogP contribution in [0.1, 0.15) is 134 Å². The number of fused-ring (bicyclic) bond motifs is 16. The second-order valence-corrected chi connectivity index (χ2v) is 31.3. The van der Waals surface area contributed by atoms with Crippen LogP contribution in [0.25, 0.3) is 11.1 Å². The molecule has 6 amide bonds. The molecule has 9 aliphatic rings. The number of aliphatic hydroxyl groups is 8. The predicted molar refractivity (Wildman–Crippen MR) is 421 cm³/mol. The Morgan fingerprint density at radius 1 is 0.558 bits per heavy atom. The average molecular weight is 1700 g/mol. The number of amides is 6. The van der Waals surface area contributed by atoms with Crippen LogP contribution in [0.4, 0.5) is 0 Å². The lowest BCUT2D eigenvalue weighted by atomic mass is 9.91. The Kier molecular flexibility index (Phi) is 25.6. The molecule has 19 bridgehead atoms. The number of carbonyl (C=O) groups excluding carboxylic acids is 7. The van der Waals surface area contributed by atoms with Crippen molar-refractivity contribution in [3.8, 4) is 80.1 Å². The van der Waals surface area contributed by atoms with Crippen LogP contribution in [0.2, 0.25) is 10.0 Å². The highest BCUT2D eigenvalue weighted by atomic mass is 35.5. The number of aromatic hydroxyl groups is 4. The maximum Gasteiger partial charge on any atom is 0.359 e. The number of phenolic OH excluding ortho intramolecular Hbond substituents is 4. The molecular weight excluding hydrogens is 1610 g/mol. The summed E-state index contributed by atoms with van der Waals surface area (Å²) in [4.78, 5) is 113. The topological polar surface area (TPSA) is 533 Å². The van der Waals surface area contributed by atoms with Gasteiger partial charge in [-0.05, 0) is 120 Å². The minimum absolute atomic E-state index is 0.0619. The maximum absolute atomic E-state index is 16.7. The molecule has 18 atom stereocenters. The van der Waals surface area contributed by atoms with Gasteiger partial charge in [0.2, 0.25) is 60.0 Å². The minimum Gasteiger partial charge on any atom is -0.508 e. The van der Waals surface area contributed by atoms with Crippen LogP contribution in [0.3, 0.4) is 0 Å². The van der Waals surface area contributed by atoms with E-state index < -0.39 is 249 Å². The number of hydrogen-bond donors (Lipinski definition) is 19. The average Bonchev–Trinajstić information content (AvgIpc) is 1.46. The van der Waals surface area contributed by atoms with Crippen molar-refractivity contribution in [2.45, 2.75) is 182 Å². The predicted octanol–water partition coefficient (Wildman–Crippen LogP) is 4.52. The molecule has 9 unspecified atom stereocenters. The highest BCUT2D eigenvalue weighted by molar-refractivity contribution is 6.46. The molecule has 37 heteroatoms. The Balaban J connectivity index is 0.976. The summed E-state index contributed by atoms with van der Waals surface area (Å²) in [7, 11) is 1.45. The first-order valence-electron chi connectivity index (χ1n) is 38.8. The highest BCUT2D eigenvalue weighted by Crippen LogP contribution is 2.50. The van der Waals surface area contributed by atoms with Crippen LogP contribution >= 0.6 is 23.2 Å². The molecule has 9 aliphatic heterocycles.